The number of nitrogens with two attached hydrogens (primary N) is 1. The van der Waals surface area contributed by atoms with Gasteiger partial charge in [0.15, 0.2) is 0 Å². The molecule has 14 heavy (non-hydrogen) atoms. The van der Waals surface area contributed by atoms with Crippen LogP contribution in [0.5, 0.6) is 0 Å². The van der Waals surface area contributed by atoms with Crippen LogP contribution in [0.25, 0.3) is 0 Å². The van der Waals surface area contributed by atoms with Gasteiger partial charge in [-0.2, -0.15) is 0 Å². The topological polar surface area (TPSA) is 43.1 Å². The lowest BCUT2D eigenvalue weighted by atomic mass is 10.1. The Balaban J connectivity index is 3.05. The molecule has 82 valence electrons. The molecule has 0 rings (SSSR count). The van der Waals surface area contributed by atoms with Crippen LogP contribution >= 0.6 is 0 Å². The number of hydrogen-bond donors (Lipinski definition) is 1. The molecule has 0 aromatic carbocycles. The van der Waals surface area contributed by atoms with Gasteiger partial charge in [0.2, 0.25) is 5.91 Å². The third-order valence-electron chi connectivity index (χ3n) is 2.18. The van der Waals surface area contributed by atoms with Crippen LogP contribution in [0.3, 0.4) is 0 Å². The summed E-state index contributed by atoms with van der Waals surface area (Å²) in [4.78, 5) is 10.4. The molecule has 0 bridgehead atoms. The molecule has 0 aromatic heterocycles. The Morgan fingerprint density at radius 3 is 2.29 bits per heavy atom. The van der Waals surface area contributed by atoms with Crippen LogP contribution in [-0.4, -0.2) is 5.91 Å². The zero-order valence-corrected chi connectivity index (χ0v) is 9.30. The van der Waals surface area contributed by atoms with Crippen LogP contribution in [0, 0.1) is 0 Å². The summed E-state index contributed by atoms with van der Waals surface area (Å²) in [5.74, 6) is -0.177. The Bertz CT molecular complexity index is 164. The largest absolute Gasteiger partial charge is 0.370 e. The summed E-state index contributed by atoms with van der Waals surface area (Å²) in [5, 5.41) is 0. The van der Waals surface area contributed by atoms with Crippen LogP contribution in [0.15, 0.2) is 12.2 Å². The zero-order valence-electron chi connectivity index (χ0n) is 9.30. The number of carbonyl (C=O) groups excluding carboxylic acids is 1. The average Bonchev–Trinajstić information content (AvgIpc) is 2.15. The first kappa shape index (κ1) is 13.2. The fraction of sp³-hybridized carbons (Fsp3) is 0.750. The summed E-state index contributed by atoms with van der Waals surface area (Å²) < 4.78 is 0. The zero-order chi connectivity index (χ0) is 10.6. The highest BCUT2D eigenvalue weighted by atomic mass is 16.1. The fourth-order valence-corrected chi connectivity index (χ4v) is 1.30. The highest BCUT2D eigenvalue weighted by Crippen LogP contribution is 2.04. The van der Waals surface area contributed by atoms with Crippen LogP contribution in [0.2, 0.25) is 0 Å². The number of allylic oxidation sites excluding steroid dienone is 2. The second-order valence-corrected chi connectivity index (χ2v) is 3.68. The van der Waals surface area contributed by atoms with Gasteiger partial charge in [-0.15, -0.1) is 0 Å². The Morgan fingerprint density at radius 1 is 1.07 bits per heavy atom. The number of primary amides is 1. The van der Waals surface area contributed by atoms with Gasteiger partial charge in [0, 0.05) is 6.42 Å². The van der Waals surface area contributed by atoms with Crippen molar-refractivity contribution in [2.75, 3.05) is 0 Å². The van der Waals surface area contributed by atoms with Crippen molar-refractivity contribution in [2.45, 2.75) is 58.3 Å². The standard InChI is InChI=1S/C12H23NO/c1-2-3-4-5-6-7-8-9-10-11-12(13)14/h5-6H,2-4,7-11H2,1H3,(H2,13,14). The molecule has 0 aliphatic carbocycles. The fourth-order valence-electron chi connectivity index (χ4n) is 1.30. The van der Waals surface area contributed by atoms with Gasteiger partial charge in [-0.25, -0.2) is 0 Å². The smallest absolute Gasteiger partial charge is 0.217 e. The third kappa shape index (κ3) is 11.2. The van der Waals surface area contributed by atoms with Gasteiger partial charge in [-0.3, -0.25) is 4.79 Å². The first-order chi connectivity index (χ1) is 6.77. The Hall–Kier alpha value is -0.790. The minimum atomic E-state index is -0.177. The number of unbranched alkanes of at least 4 members (excludes halogenated alkanes) is 5. The molecule has 0 atom stereocenters. The number of hydrogen-bond acceptors (Lipinski definition) is 1. The highest BCUT2D eigenvalue weighted by Gasteiger charge is 1.92. The molecular formula is C12H23NO. The lowest BCUT2D eigenvalue weighted by Crippen LogP contribution is -2.09. The van der Waals surface area contributed by atoms with Gasteiger partial charge in [-0.1, -0.05) is 38.3 Å². The molecule has 1 amide bonds. The minimum absolute atomic E-state index is 0.177. The van der Waals surface area contributed by atoms with Crippen LogP contribution < -0.4 is 5.73 Å². The SMILES string of the molecule is CCCCC=CCCCCCC(N)=O. The minimum Gasteiger partial charge on any atom is -0.370 e. The molecule has 0 fully saturated rings. The molecule has 0 heterocycles. The van der Waals surface area contributed by atoms with E-state index in [1.165, 1.54) is 25.7 Å². The molecule has 2 nitrogen and oxygen atoms in total. The summed E-state index contributed by atoms with van der Waals surface area (Å²) in [6.07, 6.45) is 13.2. The molecule has 2 N–H and O–H groups in total. The van der Waals surface area contributed by atoms with Gasteiger partial charge in [0.05, 0.1) is 0 Å². The molecule has 0 spiro atoms. The average molecular weight is 197 g/mol. The second kappa shape index (κ2) is 10.3. The van der Waals surface area contributed by atoms with E-state index in [9.17, 15) is 4.79 Å². The van der Waals surface area contributed by atoms with E-state index >= 15 is 0 Å². The maximum absolute atomic E-state index is 10.4. The molecule has 0 unspecified atom stereocenters. The Kier molecular flexibility index (Phi) is 9.71. The maximum Gasteiger partial charge on any atom is 0.217 e. The van der Waals surface area contributed by atoms with Gasteiger partial charge < -0.3 is 5.73 Å². The maximum atomic E-state index is 10.4. The lowest BCUT2D eigenvalue weighted by Gasteiger charge is -1.95. The van der Waals surface area contributed by atoms with Gasteiger partial charge in [0.25, 0.3) is 0 Å². The quantitative estimate of drug-likeness (QED) is 0.448. The van der Waals surface area contributed by atoms with E-state index < -0.39 is 0 Å². The van der Waals surface area contributed by atoms with Crippen molar-refractivity contribution in [2.24, 2.45) is 5.73 Å². The van der Waals surface area contributed by atoms with Crippen molar-refractivity contribution < 1.29 is 4.79 Å². The van der Waals surface area contributed by atoms with Gasteiger partial charge >= 0.3 is 0 Å². The molecule has 0 aromatic rings. The first-order valence-corrected chi connectivity index (χ1v) is 5.70. The predicted molar refractivity (Wildman–Crippen MR) is 60.9 cm³/mol. The van der Waals surface area contributed by atoms with Gasteiger partial charge in [-0.05, 0) is 25.7 Å². The summed E-state index contributed by atoms with van der Waals surface area (Å²) in [6, 6.07) is 0. The number of carbonyl (C=O) groups is 1. The summed E-state index contributed by atoms with van der Waals surface area (Å²) in [7, 11) is 0. The third-order valence-corrected chi connectivity index (χ3v) is 2.18. The molecule has 2 heteroatoms. The lowest BCUT2D eigenvalue weighted by molar-refractivity contribution is -0.118. The summed E-state index contributed by atoms with van der Waals surface area (Å²) in [5.41, 5.74) is 5.04. The van der Waals surface area contributed by atoms with Crippen molar-refractivity contribution in [1.82, 2.24) is 0 Å². The second-order valence-electron chi connectivity index (χ2n) is 3.68. The van der Waals surface area contributed by atoms with E-state index in [2.05, 4.69) is 19.1 Å². The summed E-state index contributed by atoms with van der Waals surface area (Å²) >= 11 is 0. The number of rotatable bonds is 9. The highest BCUT2D eigenvalue weighted by molar-refractivity contribution is 5.73. The number of amides is 1. The van der Waals surface area contributed by atoms with E-state index in [1.807, 2.05) is 0 Å². The van der Waals surface area contributed by atoms with Gasteiger partial charge in [0.1, 0.15) is 0 Å². The molecule has 0 aliphatic rings. The molecular weight excluding hydrogens is 174 g/mol. The normalized spacial score (nSPS) is 10.9. The van der Waals surface area contributed by atoms with Crippen molar-refractivity contribution in [1.29, 1.82) is 0 Å². The van der Waals surface area contributed by atoms with Crippen molar-refractivity contribution in [3.63, 3.8) is 0 Å². The van der Waals surface area contributed by atoms with Crippen molar-refractivity contribution in [3.05, 3.63) is 12.2 Å². The Labute approximate surface area is 87.6 Å². The van der Waals surface area contributed by atoms with Crippen molar-refractivity contribution in [3.8, 4) is 0 Å². The van der Waals surface area contributed by atoms with E-state index in [-0.39, 0.29) is 5.91 Å². The Morgan fingerprint density at radius 2 is 1.71 bits per heavy atom. The van der Waals surface area contributed by atoms with E-state index in [0.29, 0.717) is 6.42 Å². The van der Waals surface area contributed by atoms with Crippen LogP contribution in [-0.2, 0) is 4.79 Å². The van der Waals surface area contributed by atoms with Crippen LogP contribution in [0.4, 0.5) is 0 Å². The predicted octanol–water partition coefficient (Wildman–Crippen LogP) is 3.17. The first-order valence-electron chi connectivity index (χ1n) is 5.70. The molecule has 0 saturated carbocycles. The summed E-state index contributed by atoms with van der Waals surface area (Å²) in [6.45, 7) is 2.21. The molecule has 0 saturated heterocycles. The molecule has 0 radical (unpaired) electrons. The van der Waals surface area contributed by atoms with E-state index in [1.54, 1.807) is 0 Å². The molecule has 0 aliphatic heterocycles. The van der Waals surface area contributed by atoms with Crippen LogP contribution in [0.1, 0.15) is 58.3 Å². The van der Waals surface area contributed by atoms with Crippen molar-refractivity contribution >= 4 is 5.91 Å². The monoisotopic (exact) mass is 197 g/mol. The van der Waals surface area contributed by atoms with E-state index in [0.717, 1.165) is 19.3 Å². The van der Waals surface area contributed by atoms with E-state index in [4.69, 9.17) is 5.73 Å².